The molecule has 1 rings (SSSR count). The Bertz CT molecular complexity index is 503. The summed E-state index contributed by atoms with van der Waals surface area (Å²) in [6, 6.07) is 5.64. The Morgan fingerprint density at radius 2 is 1.20 bits per heavy atom. The first kappa shape index (κ1) is 16.2. The van der Waals surface area contributed by atoms with Crippen LogP contribution in [0.3, 0.4) is 0 Å². The van der Waals surface area contributed by atoms with Crippen LogP contribution in [0.5, 0.6) is 0 Å². The number of nitrogens with zero attached hydrogens (tertiary/aromatic N) is 1. The van der Waals surface area contributed by atoms with Crippen LogP contribution in [0.1, 0.15) is 45.7 Å². The lowest BCUT2D eigenvalue weighted by molar-refractivity contribution is -0.150. The Balaban J connectivity index is 3.87. The van der Waals surface area contributed by atoms with Crippen molar-refractivity contribution in [2.45, 2.75) is 47.5 Å². The molecule has 0 N–H and O–H groups in total. The molecule has 4 heteroatoms. The van der Waals surface area contributed by atoms with E-state index in [4.69, 9.17) is 0 Å². The Hall–Kier alpha value is -1.81. The van der Waals surface area contributed by atoms with Crippen molar-refractivity contribution in [1.29, 1.82) is 0 Å². The van der Waals surface area contributed by atoms with E-state index in [1.165, 1.54) is 20.8 Å². The third-order valence-corrected chi connectivity index (χ3v) is 3.72. The van der Waals surface area contributed by atoms with Gasteiger partial charge in [0.15, 0.2) is 5.69 Å². The highest BCUT2D eigenvalue weighted by Gasteiger charge is 2.49. The zero-order valence-electron chi connectivity index (χ0n) is 12.8. The number of imide groups is 3. The molecular formula is C16H22NO3+. The van der Waals surface area contributed by atoms with E-state index in [1.807, 2.05) is 32.0 Å². The summed E-state index contributed by atoms with van der Waals surface area (Å²) in [5, 5.41) is 0. The van der Waals surface area contributed by atoms with Gasteiger partial charge in [-0.15, -0.1) is 4.48 Å². The second-order valence-electron chi connectivity index (χ2n) is 4.86. The topological polar surface area (TPSA) is 51.2 Å². The number of quaternary nitrogens is 1. The molecular weight excluding hydrogens is 254 g/mol. The molecule has 0 atom stereocenters. The molecule has 0 aromatic heterocycles. The number of amides is 3. The molecule has 0 unspecified atom stereocenters. The van der Waals surface area contributed by atoms with Crippen LogP contribution in [0, 0.1) is 0 Å². The molecule has 1 aromatic carbocycles. The fraction of sp³-hybridized carbons (Fsp3) is 0.438. The van der Waals surface area contributed by atoms with E-state index < -0.39 is 22.2 Å². The molecule has 20 heavy (non-hydrogen) atoms. The number of benzene rings is 1. The van der Waals surface area contributed by atoms with Crippen LogP contribution < -0.4 is 4.48 Å². The van der Waals surface area contributed by atoms with Crippen molar-refractivity contribution in [3.8, 4) is 0 Å². The van der Waals surface area contributed by atoms with Crippen LogP contribution in [0.15, 0.2) is 18.2 Å². The normalized spacial score (nSPS) is 11.2. The van der Waals surface area contributed by atoms with Gasteiger partial charge in [-0.1, -0.05) is 32.0 Å². The maximum absolute atomic E-state index is 12.2. The highest BCUT2D eigenvalue weighted by molar-refractivity contribution is 6.23. The van der Waals surface area contributed by atoms with E-state index >= 15 is 0 Å². The molecule has 0 fully saturated rings. The largest absolute Gasteiger partial charge is 0.330 e. The van der Waals surface area contributed by atoms with Gasteiger partial charge in [0, 0.05) is 11.1 Å². The number of para-hydroxylation sites is 1. The van der Waals surface area contributed by atoms with E-state index in [-0.39, 0.29) is 0 Å². The Morgan fingerprint density at radius 3 is 1.45 bits per heavy atom. The molecule has 0 radical (unpaired) electrons. The van der Waals surface area contributed by atoms with Gasteiger partial charge in [-0.2, -0.15) is 0 Å². The molecule has 0 aliphatic rings. The fourth-order valence-corrected chi connectivity index (χ4v) is 2.78. The van der Waals surface area contributed by atoms with Crippen LogP contribution in [-0.2, 0) is 27.2 Å². The maximum Gasteiger partial charge on any atom is 0.330 e. The molecule has 4 nitrogen and oxygen atoms in total. The smallest absolute Gasteiger partial charge is 0.230 e. The van der Waals surface area contributed by atoms with Gasteiger partial charge in [-0.05, 0) is 12.8 Å². The highest BCUT2D eigenvalue weighted by Crippen LogP contribution is 2.34. The van der Waals surface area contributed by atoms with E-state index in [1.54, 1.807) is 0 Å². The summed E-state index contributed by atoms with van der Waals surface area (Å²) in [6.45, 7) is 7.80. The first-order valence-corrected chi connectivity index (χ1v) is 6.87. The van der Waals surface area contributed by atoms with Gasteiger partial charge in [0.1, 0.15) is 0 Å². The summed E-state index contributed by atoms with van der Waals surface area (Å²) in [5.41, 5.74) is 2.28. The number of hydrogen-bond donors (Lipinski definition) is 0. The lowest BCUT2D eigenvalue weighted by atomic mass is 9.99. The summed E-state index contributed by atoms with van der Waals surface area (Å²) in [7, 11) is 0. The zero-order chi connectivity index (χ0) is 15.5. The lowest BCUT2D eigenvalue weighted by Gasteiger charge is -2.30. The fourth-order valence-electron chi connectivity index (χ4n) is 2.78. The summed E-state index contributed by atoms with van der Waals surface area (Å²) in [4.78, 5) is 36.6. The number of hydrogen-bond acceptors (Lipinski definition) is 3. The summed E-state index contributed by atoms with van der Waals surface area (Å²) >= 11 is 0. The predicted octanol–water partition coefficient (Wildman–Crippen LogP) is 2.76. The van der Waals surface area contributed by atoms with Crippen LogP contribution in [-0.4, -0.2) is 17.7 Å². The van der Waals surface area contributed by atoms with Crippen LogP contribution in [0.25, 0.3) is 0 Å². The average molecular weight is 276 g/mol. The third kappa shape index (κ3) is 2.31. The molecule has 3 amide bonds. The predicted molar refractivity (Wildman–Crippen MR) is 79.0 cm³/mol. The van der Waals surface area contributed by atoms with Crippen LogP contribution in [0.4, 0.5) is 5.69 Å². The molecule has 0 saturated carbocycles. The molecule has 108 valence electrons. The van der Waals surface area contributed by atoms with Crippen LogP contribution >= 0.6 is 0 Å². The van der Waals surface area contributed by atoms with E-state index in [2.05, 4.69) is 0 Å². The highest BCUT2D eigenvalue weighted by atomic mass is 16.2. The summed E-state index contributed by atoms with van der Waals surface area (Å²) in [5.74, 6) is -1.37. The van der Waals surface area contributed by atoms with Crippen molar-refractivity contribution < 1.29 is 14.4 Å². The number of rotatable bonds is 3. The van der Waals surface area contributed by atoms with Gasteiger partial charge >= 0.3 is 17.7 Å². The van der Waals surface area contributed by atoms with E-state index in [0.717, 1.165) is 11.1 Å². The minimum absolute atomic E-state index is 0.458. The van der Waals surface area contributed by atoms with Crippen molar-refractivity contribution in [2.75, 3.05) is 0 Å². The van der Waals surface area contributed by atoms with Gasteiger partial charge in [0.25, 0.3) is 0 Å². The van der Waals surface area contributed by atoms with Gasteiger partial charge in [-0.25, -0.2) is 14.4 Å². The van der Waals surface area contributed by atoms with Gasteiger partial charge in [0.05, 0.1) is 20.8 Å². The minimum Gasteiger partial charge on any atom is -0.230 e. The monoisotopic (exact) mass is 276 g/mol. The quantitative estimate of drug-likeness (QED) is 0.798. The molecule has 0 spiro atoms. The average Bonchev–Trinajstić information content (AvgIpc) is 2.38. The first-order valence-electron chi connectivity index (χ1n) is 6.87. The molecule has 0 aliphatic carbocycles. The van der Waals surface area contributed by atoms with E-state index in [9.17, 15) is 14.4 Å². The first-order chi connectivity index (χ1) is 9.33. The number of aryl methyl sites for hydroxylation is 2. The maximum atomic E-state index is 12.2. The van der Waals surface area contributed by atoms with Crippen molar-refractivity contribution in [3.63, 3.8) is 0 Å². The second-order valence-corrected chi connectivity index (χ2v) is 4.86. The molecule has 1 aromatic rings. The van der Waals surface area contributed by atoms with Crippen molar-refractivity contribution in [3.05, 3.63) is 29.3 Å². The summed E-state index contributed by atoms with van der Waals surface area (Å²) < 4.78 is -0.826. The minimum atomic E-state index is -0.826. The lowest BCUT2D eigenvalue weighted by Crippen LogP contribution is -2.60. The summed E-state index contributed by atoms with van der Waals surface area (Å²) in [6.07, 6.45) is 1.33. The number of carbonyl (C=O) groups is 3. The standard InChI is InChI=1S/C16H22NO3/c1-6-14-9-8-10-15(7-2)16(14)17(11(3)18,12(4)19)13(5)20/h8-10H,6-7H2,1-5H3/q+1. The molecule has 0 saturated heterocycles. The van der Waals surface area contributed by atoms with Crippen molar-refractivity contribution in [1.82, 2.24) is 4.48 Å². The van der Waals surface area contributed by atoms with E-state index in [0.29, 0.717) is 18.5 Å². The number of carbonyl (C=O) groups excluding carboxylic acids is 3. The molecule has 0 bridgehead atoms. The van der Waals surface area contributed by atoms with Gasteiger partial charge in [0.2, 0.25) is 0 Å². The Labute approximate surface area is 120 Å². The van der Waals surface area contributed by atoms with Crippen LogP contribution in [0.2, 0.25) is 0 Å². The molecule has 0 aliphatic heterocycles. The SMILES string of the molecule is CCc1cccc(CC)c1[N+](C(C)=O)(C(C)=O)C(C)=O. The van der Waals surface area contributed by atoms with Gasteiger partial charge < -0.3 is 0 Å². The van der Waals surface area contributed by atoms with Crippen molar-refractivity contribution >= 4 is 23.4 Å². The Morgan fingerprint density at radius 1 is 0.850 bits per heavy atom. The molecule has 0 heterocycles. The van der Waals surface area contributed by atoms with Crippen molar-refractivity contribution in [2.24, 2.45) is 0 Å². The second kappa shape index (κ2) is 6.09. The Kier molecular flexibility index (Phi) is 4.95. The van der Waals surface area contributed by atoms with Gasteiger partial charge in [-0.3, -0.25) is 0 Å². The third-order valence-electron chi connectivity index (χ3n) is 3.72. The zero-order valence-corrected chi connectivity index (χ0v) is 12.8.